The lowest BCUT2D eigenvalue weighted by Crippen LogP contribution is -2.17. The Hall–Kier alpha value is -1.43. The van der Waals surface area contributed by atoms with Gasteiger partial charge in [-0.15, -0.1) is 11.3 Å². The van der Waals surface area contributed by atoms with Gasteiger partial charge < -0.3 is 10.6 Å². The molecule has 1 heterocycles. The van der Waals surface area contributed by atoms with E-state index in [4.69, 9.17) is 10.6 Å². The van der Waals surface area contributed by atoms with E-state index in [9.17, 15) is 4.79 Å². The standard InChI is InChI=1S/C9H13N3O2S/c1-9(2,3)14-12-6(4-13)7-5-15-8(10)11-7/h4-5H,1-3H3,(H2,10,11)/b12-6+. The van der Waals surface area contributed by atoms with Crippen LogP contribution in [0.2, 0.25) is 0 Å². The molecule has 6 heteroatoms. The van der Waals surface area contributed by atoms with E-state index in [1.807, 2.05) is 20.8 Å². The molecular formula is C9H13N3O2S. The molecule has 1 rings (SSSR count). The first-order valence-electron chi connectivity index (χ1n) is 4.35. The highest BCUT2D eigenvalue weighted by atomic mass is 32.1. The molecule has 15 heavy (non-hydrogen) atoms. The number of aromatic nitrogens is 1. The third-order valence-electron chi connectivity index (χ3n) is 1.31. The summed E-state index contributed by atoms with van der Waals surface area (Å²) in [5, 5.41) is 5.79. The first-order valence-corrected chi connectivity index (χ1v) is 5.23. The summed E-state index contributed by atoms with van der Waals surface area (Å²) in [5.41, 5.74) is 5.61. The zero-order valence-electron chi connectivity index (χ0n) is 8.85. The number of aldehydes is 1. The van der Waals surface area contributed by atoms with Gasteiger partial charge in [-0.05, 0) is 20.8 Å². The van der Waals surface area contributed by atoms with E-state index in [0.29, 0.717) is 17.1 Å². The minimum atomic E-state index is -0.435. The van der Waals surface area contributed by atoms with Gasteiger partial charge in [-0.2, -0.15) is 0 Å². The van der Waals surface area contributed by atoms with Gasteiger partial charge in [-0.3, -0.25) is 4.79 Å². The molecule has 0 bridgehead atoms. The molecule has 0 saturated carbocycles. The summed E-state index contributed by atoms with van der Waals surface area (Å²) in [5.74, 6) is 0. The summed E-state index contributed by atoms with van der Waals surface area (Å²) in [6.07, 6.45) is 0.597. The van der Waals surface area contributed by atoms with Crippen molar-refractivity contribution in [1.82, 2.24) is 4.98 Å². The van der Waals surface area contributed by atoms with Crippen LogP contribution in [0.1, 0.15) is 26.5 Å². The normalized spacial score (nSPS) is 12.6. The smallest absolute Gasteiger partial charge is 0.180 e. The summed E-state index contributed by atoms with van der Waals surface area (Å²) in [6, 6.07) is 0. The number of nitrogens with two attached hydrogens (primary N) is 1. The second kappa shape index (κ2) is 4.39. The van der Waals surface area contributed by atoms with Crippen molar-refractivity contribution >= 4 is 28.5 Å². The molecule has 0 unspecified atom stereocenters. The van der Waals surface area contributed by atoms with Crippen LogP contribution >= 0.6 is 11.3 Å². The molecule has 0 saturated heterocycles. The lowest BCUT2D eigenvalue weighted by Gasteiger charge is -2.15. The number of rotatable bonds is 3. The van der Waals surface area contributed by atoms with E-state index < -0.39 is 5.60 Å². The number of nitrogen functional groups attached to an aromatic ring is 1. The van der Waals surface area contributed by atoms with Crippen molar-refractivity contribution in [3.05, 3.63) is 11.1 Å². The lowest BCUT2D eigenvalue weighted by molar-refractivity contribution is -0.103. The highest BCUT2D eigenvalue weighted by molar-refractivity contribution is 7.13. The third-order valence-corrected chi connectivity index (χ3v) is 1.99. The molecule has 1 aromatic rings. The van der Waals surface area contributed by atoms with Crippen molar-refractivity contribution in [2.24, 2.45) is 5.16 Å². The second-order valence-electron chi connectivity index (χ2n) is 3.87. The number of hydrogen-bond acceptors (Lipinski definition) is 6. The van der Waals surface area contributed by atoms with Crippen LogP contribution in [-0.4, -0.2) is 22.6 Å². The third kappa shape index (κ3) is 3.67. The van der Waals surface area contributed by atoms with Crippen LogP contribution in [0.15, 0.2) is 10.5 Å². The maximum Gasteiger partial charge on any atom is 0.180 e. The fourth-order valence-electron chi connectivity index (χ4n) is 0.720. The summed E-state index contributed by atoms with van der Waals surface area (Å²) in [6.45, 7) is 5.52. The molecule has 0 spiro atoms. The number of nitrogens with zero attached hydrogens (tertiary/aromatic N) is 2. The number of carbonyl (C=O) groups is 1. The monoisotopic (exact) mass is 227 g/mol. The molecule has 0 aliphatic carbocycles. The highest BCUT2D eigenvalue weighted by Gasteiger charge is 2.13. The number of oxime groups is 1. The quantitative estimate of drug-likeness (QED) is 0.481. The van der Waals surface area contributed by atoms with Crippen molar-refractivity contribution in [2.75, 3.05) is 5.73 Å². The Morgan fingerprint density at radius 1 is 1.67 bits per heavy atom. The molecule has 0 aliphatic rings. The Morgan fingerprint density at radius 3 is 2.73 bits per heavy atom. The van der Waals surface area contributed by atoms with Gasteiger partial charge in [-0.25, -0.2) is 4.98 Å². The molecule has 82 valence electrons. The zero-order valence-corrected chi connectivity index (χ0v) is 9.67. The average Bonchev–Trinajstić information content (AvgIpc) is 2.51. The number of anilines is 1. The van der Waals surface area contributed by atoms with E-state index >= 15 is 0 Å². The number of thiazole rings is 1. The van der Waals surface area contributed by atoms with Crippen LogP contribution in [-0.2, 0) is 9.63 Å². The summed E-state index contributed by atoms with van der Waals surface area (Å²) >= 11 is 1.25. The zero-order chi connectivity index (χ0) is 11.5. The van der Waals surface area contributed by atoms with Crippen LogP contribution in [0.5, 0.6) is 0 Å². The van der Waals surface area contributed by atoms with Crippen molar-refractivity contribution < 1.29 is 9.63 Å². The van der Waals surface area contributed by atoms with Gasteiger partial charge in [0.05, 0.1) is 0 Å². The van der Waals surface area contributed by atoms with Gasteiger partial charge in [0.2, 0.25) is 0 Å². The molecule has 0 amide bonds. The highest BCUT2D eigenvalue weighted by Crippen LogP contribution is 2.13. The fourth-order valence-corrected chi connectivity index (χ4v) is 1.28. The van der Waals surface area contributed by atoms with Crippen molar-refractivity contribution in [3.8, 4) is 0 Å². The van der Waals surface area contributed by atoms with Crippen molar-refractivity contribution in [3.63, 3.8) is 0 Å². The SMILES string of the molecule is CC(C)(C)O/N=C(\C=O)c1csc(N)n1. The van der Waals surface area contributed by atoms with Crippen LogP contribution in [0.4, 0.5) is 5.13 Å². The first-order chi connectivity index (χ1) is 6.92. The summed E-state index contributed by atoms with van der Waals surface area (Å²) < 4.78 is 0. The van der Waals surface area contributed by atoms with E-state index in [0.717, 1.165) is 0 Å². The van der Waals surface area contributed by atoms with E-state index in [1.165, 1.54) is 11.3 Å². The Kier molecular flexibility index (Phi) is 3.41. The van der Waals surface area contributed by atoms with Crippen LogP contribution < -0.4 is 5.73 Å². The second-order valence-corrected chi connectivity index (χ2v) is 4.76. The average molecular weight is 227 g/mol. The van der Waals surface area contributed by atoms with E-state index in [2.05, 4.69) is 10.1 Å². The Balaban J connectivity index is 2.85. The molecule has 0 aliphatic heterocycles. The van der Waals surface area contributed by atoms with Crippen LogP contribution in [0.3, 0.4) is 0 Å². The molecule has 5 nitrogen and oxygen atoms in total. The van der Waals surface area contributed by atoms with Gasteiger partial charge in [0.25, 0.3) is 0 Å². The molecule has 0 fully saturated rings. The van der Waals surface area contributed by atoms with E-state index in [1.54, 1.807) is 5.38 Å². The fraction of sp³-hybridized carbons (Fsp3) is 0.444. The molecule has 2 N–H and O–H groups in total. The summed E-state index contributed by atoms with van der Waals surface area (Å²) in [7, 11) is 0. The minimum absolute atomic E-state index is 0.151. The van der Waals surface area contributed by atoms with Gasteiger partial charge in [0, 0.05) is 5.38 Å². The largest absolute Gasteiger partial charge is 0.389 e. The Labute approximate surface area is 91.9 Å². The van der Waals surface area contributed by atoms with Crippen LogP contribution in [0, 0.1) is 0 Å². The van der Waals surface area contributed by atoms with Gasteiger partial charge in [0.1, 0.15) is 11.3 Å². The molecule has 0 radical (unpaired) electrons. The maximum atomic E-state index is 10.7. The first kappa shape index (κ1) is 11.6. The molecule has 1 aromatic heterocycles. The van der Waals surface area contributed by atoms with Crippen LogP contribution in [0.25, 0.3) is 0 Å². The van der Waals surface area contributed by atoms with Crippen molar-refractivity contribution in [1.29, 1.82) is 0 Å². The molecular weight excluding hydrogens is 214 g/mol. The van der Waals surface area contributed by atoms with E-state index in [-0.39, 0.29) is 5.71 Å². The van der Waals surface area contributed by atoms with Gasteiger partial charge >= 0.3 is 0 Å². The maximum absolute atomic E-state index is 10.7. The number of hydrogen-bond donors (Lipinski definition) is 1. The predicted octanol–water partition coefficient (Wildman–Crippen LogP) is 1.44. The predicted molar refractivity (Wildman–Crippen MR) is 60.0 cm³/mol. The topological polar surface area (TPSA) is 77.6 Å². The van der Waals surface area contributed by atoms with Gasteiger partial charge in [0.15, 0.2) is 17.1 Å². The van der Waals surface area contributed by atoms with Gasteiger partial charge in [-0.1, -0.05) is 5.16 Å². The summed E-state index contributed by atoms with van der Waals surface area (Å²) in [4.78, 5) is 19.8. The lowest BCUT2D eigenvalue weighted by atomic mass is 10.2. The molecule has 0 atom stereocenters. The Morgan fingerprint density at radius 2 is 2.33 bits per heavy atom. The minimum Gasteiger partial charge on any atom is -0.389 e. The van der Waals surface area contributed by atoms with Crippen molar-refractivity contribution in [2.45, 2.75) is 26.4 Å². The Bertz CT molecular complexity index is 379. The number of carbonyl (C=O) groups excluding carboxylic acids is 1. The molecule has 0 aromatic carbocycles.